The molecular formula is C29H24N6O6S. The molecule has 0 radical (unpaired) electrons. The van der Waals surface area contributed by atoms with E-state index in [-0.39, 0.29) is 36.5 Å². The van der Waals surface area contributed by atoms with Crippen LogP contribution in [-0.4, -0.2) is 53.9 Å². The van der Waals surface area contributed by atoms with Gasteiger partial charge in [-0.2, -0.15) is 0 Å². The number of carbonyl (C=O) groups is 1. The van der Waals surface area contributed by atoms with E-state index in [0.717, 1.165) is 21.7 Å². The summed E-state index contributed by atoms with van der Waals surface area (Å²) in [6.45, 7) is -0.224. The molecule has 2 aromatic heterocycles. The number of nitrogens with zero attached hydrogens (tertiary/aromatic N) is 6. The molecule has 0 fully saturated rings. The third-order valence-electron chi connectivity index (χ3n) is 6.33. The summed E-state index contributed by atoms with van der Waals surface area (Å²) in [5.74, 6) is -0.561. The van der Waals surface area contributed by atoms with Gasteiger partial charge in [0.1, 0.15) is 22.2 Å². The lowest BCUT2D eigenvalue weighted by Crippen LogP contribution is -2.17. The van der Waals surface area contributed by atoms with Gasteiger partial charge >= 0.3 is 5.97 Å². The number of benzene rings is 3. The number of thiazole rings is 1. The minimum Gasteiger partial charge on any atom is -0.497 e. The van der Waals surface area contributed by atoms with Gasteiger partial charge in [-0.3, -0.25) is 15.1 Å². The van der Waals surface area contributed by atoms with E-state index in [1.807, 2.05) is 48.5 Å². The monoisotopic (exact) mass is 584 g/mol. The number of carboxylic acid groups (broad SMARTS) is 1. The van der Waals surface area contributed by atoms with Crippen molar-refractivity contribution in [1.82, 2.24) is 20.0 Å². The van der Waals surface area contributed by atoms with E-state index in [1.165, 1.54) is 29.5 Å². The standard InChI is InChI=1S/C29H24N6O6S/c1-41-23-12-8-18(9-13-23)27-28(19-6-10-22(11-7-19)34-16-21(17-36)32-33-34)42-26(31-27)15-30-24(29(37)38)14-20-4-2-3-5-25(20)35(39)40/h2-13,16,36H,14-15,17H2,1H3,(H,37,38). The first-order chi connectivity index (χ1) is 20.4. The highest BCUT2D eigenvalue weighted by Gasteiger charge is 2.20. The summed E-state index contributed by atoms with van der Waals surface area (Å²) in [4.78, 5) is 32.8. The van der Waals surface area contributed by atoms with Gasteiger partial charge in [0, 0.05) is 23.6 Å². The highest BCUT2D eigenvalue weighted by Crippen LogP contribution is 2.38. The lowest BCUT2D eigenvalue weighted by atomic mass is 10.1. The highest BCUT2D eigenvalue weighted by molar-refractivity contribution is 7.15. The average molecular weight is 585 g/mol. The molecule has 0 aliphatic carbocycles. The number of aliphatic imine (C=N–C) groups is 1. The maximum Gasteiger partial charge on any atom is 0.350 e. The Kier molecular flexibility index (Phi) is 8.41. The number of nitro groups is 1. The van der Waals surface area contributed by atoms with E-state index in [4.69, 9.17) is 9.72 Å². The molecule has 5 aromatic rings. The number of nitro benzene ring substituents is 1. The Morgan fingerprint density at radius 1 is 1.07 bits per heavy atom. The molecule has 0 spiro atoms. The molecule has 212 valence electrons. The summed E-state index contributed by atoms with van der Waals surface area (Å²) < 4.78 is 6.85. The van der Waals surface area contributed by atoms with Crippen LogP contribution in [0.25, 0.3) is 27.4 Å². The van der Waals surface area contributed by atoms with Crippen LogP contribution in [0.15, 0.2) is 84.0 Å². The molecule has 13 heteroatoms. The van der Waals surface area contributed by atoms with Crippen LogP contribution in [0.3, 0.4) is 0 Å². The molecule has 12 nitrogen and oxygen atoms in total. The molecule has 0 saturated carbocycles. The number of hydrogen-bond donors (Lipinski definition) is 2. The molecule has 3 aromatic carbocycles. The normalized spacial score (nSPS) is 11.4. The number of para-hydroxylation sites is 1. The number of rotatable bonds is 11. The molecule has 0 bridgehead atoms. The largest absolute Gasteiger partial charge is 0.497 e. The first kappa shape index (κ1) is 28.3. The SMILES string of the molecule is COc1ccc(-c2nc(CN=C(Cc3ccccc3[N+](=O)[O-])C(=O)O)sc2-c2ccc(-n3cc(CO)nn3)cc2)cc1. The smallest absolute Gasteiger partial charge is 0.350 e. The van der Waals surface area contributed by atoms with Crippen LogP contribution in [0, 0.1) is 10.1 Å². The van der Waals surface area contributed by atoms with E-state index in [1.54, 1.807) is 24.1 Å². The fourth-order valence-corrected chi connectivity index (χ4v) is 5.23. The van der Waals surface area contributed by atoms with Gasteiger partial charge in [-0.25, -0.2) is 14.5 Å². The second kappa shape index (κ2) is 12.5. The van der Waals surface area contributed by atoms with Gasteiger partial charge in [0.05, 0.1) is 47.6 Å². The zero-order valence-corrected chi connectivity index (χ0v) is 23.1. The third kappa shape index (κ3) is 6.22. The van der Waals surface area contributed by atoms with Gasteiger partial charge in [0.25, 0.3) is 5.69 Å². The Bertz CT molecular complexity index is 1760. The quantitative estimate of drug-likeness (QED) is 0.127. The molecule has 0 atom stereocenters. The molecule has 0 unspecified atom stereocenters. The van der Waals surface area contributed by atoms with Crippen molar-refractivity contribution in [3.63, 3.8) is 0 Å². The molecule has 0 amide bonds. The van der Waals surface area contributed by atoms with Crippen molar-refractivity contribution < 1.29 is 24.7 Å². The molecular weight excluding hydrogens is 560 g/mol. The first-order valence-corrected chi connectivity index (χ1v) is 13.4. The van der Waals surface area contributed by atoms with Gasteiger partial charge in [-0.1, -0.05) is 35.5 Å². The van der Waals surface area contributed by atoms with Crippen molar-refractivity contribution >= 4 is 28.7 Å². The number of aliphatic hydroxyl groups is 1. The molecule has 2 heterocycles. The Labute approximate surface area is 243 Å². The Balaban J connectivity index is 1.48. The number of methoxy groups -OCH3 is 1. The fraction of sp³-hybridized carbons (Fsp3) is 0.138. The zero-order chi connectivity index (χ0) is 29.6. The number of aromatic nitrogens is 4. The summed E-state index contributed by atoms with van der Waals surface area (Å²) in [5, 5.41) is 39.0. The summed E-state index contributed by atoms with van der Waals surface area (Å²) in [6, 6.07) is 21.0. The van der Waals surface area contributed by atoms with Crippen LogP contribution in [0.2, 0.25) is 0 Å². The molecule has 0 saturated heterocycles. The fourth-order valence-electron chi connectivity index (χ4n) is 4.22. The van der Waals surface area contributed by atoms with Crippen LogP contribution in [0.1, 0.15) is 16.3 Å². The van der Waals surface area contributed by atoms with Gasteiger partial charge in [-0.15, -0.1) is 16.4 Å². The van der Waals surface area contributed by atoms with Crippen LogP contribution in [0.5, 0.6) is 5.75 Å². The van der Waals surface area contributed by atoms with E-state index in [2.05, 4.69) is 15.3 Å². The molecule has 42 heavy (non-hydrogen) atoms. The molecule has 0 aliphatic heterocycles. The van der Waals surface area contributed by atoms with E-state index in [9.17, 15) is 25.1 Å². The molecule has 2 N–H and O–H groups in total. The Morgan fingerprint density at radius 3 is 2.43 bits per heavy atom. The number of ether oxygens (including phenoxy) is 1. The van der Waals surface area contributed by atoms with Gasteiger partial charge in [0.2, 0.25) is 0 Å². The second-order valence-corrected chi connectivity index (χ2v) is 10.1. The predicted molar refractivity (Wildman–Crippen MR) is 156 cm³/mol. The van der Waals surface area contributed by atoms with E-state index < -0.39 is 10.9 Å². The van der Waals surface area contributed by atoms with Gasteiger partial charge < -0.3 is 14.9 Å². The maximum absolute atomic E-state index is 12.0. The van der Waals surface area contributed by atoms with Gasteiger partial charge in [-0.05, 0) is 42.0 Å². The topological polar surface area (TPSA) is 166 Å². The molecule has 5 rings (SSSR count). The lowest BCUT2D eigenvalue weighted by Gasteiger charge is -2.06. The Hall–Kier alpha value is -5.27. The number of aliphatic carboxylic acids is 1. The minimum absolute atomic E-state index is 0.0168. The predicted octanol–water partition coefficient (Wildman–Crippen LogP) is 4.74. The number of hydrogen-bond acceptors (Lipinski definition) is 10. The van der Waals surface area contributed by atoms with Crippen LogP contribution >= 0.6 is 11.3 Å². The van der Waals surface area contributed by atoms with Crippen LogP contribution in [-0.2, 0) is 24.4 Å². The number of carboxylic acids is 1. The van der Waals surface area contributed by atoms with Crippen molar-refractivity contribution in [1.29, 1.82) is 0 Å². The third-order valence-corrected chi connectivity index (χ3v) is 7.42. The second-order valence-electron chi connectivity index (χ2n) is 9.00. The van der Waals surface area contributed by atoms with Crippen molar-refractivity contribution in [2.75, 3.05) is 7.11 Å². The van der Waals surface area contributed by atoms with Gasteiger partial charge in [0.15, 0.2) is 0 Å². The van der Waals surface area contributed by atoms with Crippen molar-refractivity contribution in [2.45, 2.75) is 19.6 Å². The van der Waals surface area contributed by atoms with Crippen LogP contribution in [0.4, 0.5) is 5.69 Å². The lowest BCUT2D eigenvalue weighted by molar-refractivity contribution is -0.385. The highest BCUT2D eigenvalue weighted by atomic mass is 32.1. The summed E-state index contributed by atoms with van der Waals surface area (Å²) in [7, 11) is 1.59. The minimum atomic E-state index is -1.26. The Morgan fingerprint density at radius 2 is 1.79 bits per heavy atom. The molecule has 0 aliphatic rings. The summed E-state index contributed by atoms with van der Waals surface area (Å²) in [5.41, 5.74) is 3.52. The summed E-state index contributed by atoms with van der Waals surface area (Å²) >= 11 is 1.38. The number of aliphatic hydroxyl groups excluding tert-OH is 1. The van der Waals surface area contributed by atoms with Crippen molar-refractivity contribution in [3.05, 3.63) is 105 Å². The van der Waals surface area contributed by atoms with E-state index >= 15 is 0 Å². The maximum atomic E-state index is 12.0. The average Bonchev–Trinajstić information content (AvgIpc) is 3.67. The summed E-state index contributed by atoms with van der Waals surface area (Å²) in [6.07, 6.45) is 1.45. The zero-order valence-electron chi connectivity index (χ0n) is 22.2. The first-order valence-electron chi connectivity index (χ1n) is 12.6. The van der Waals surface area contributed by atoms with Crippen molar-refractivity contribution in [3.8, 4) is 33.1 Å². The van der Waals surface area contributed by atoms with E-state index in [0.29, 0.717) is 22.1 Å². The van der Waals surface area contributed by atoms with Crippen LogP contribution < -0.4 is 4.74 Å². The van der Waals surface area contributed by atoms with Crippen molar-refractivity contribution in [2.24, 2.45) is 4.99 Å².